The van der Waals surface area contributed by atoms with Crippen molar-refractivity contribution in [2.24, 2.45) is 0 Å². The van der Waals surface area contributed by atoms with Crippen LogP contribution in [-0.2, 0) is 0 Å². The van der Waals surface area contributed by atoms with Crippen molar-refractivity contribution >= 4 is 21.5 Å². The number of halogens is 1. The van der Waals surface area contributed by atoms with E-state index >= 15 is 0 Å². The summed E-state index contributed by atoms with van der Waals surface area (Å²) in [6, 6.07) is 0. The molecule has 2 heteroatoms. The van der Waals surface area contributed by atoms with Gasteiger partial charge in [-0.15, -0.1) is 18.2 Å². The van der Waals surface area contributed by atoms with E-state index in [0.717, 1.165) is 0 Å². The fourth-order valence-corrected chi connectivity index (χ4v) is 0. The number of hydrogen-bond acceptors (Lipinski definition) is 0. The summed E-state index contributed by atoms with van der Waals surface area (Å²) in [6.45, 7) is 3.35. The smallest absolute Gasteiger partial charge is 0.0401 e. The zero-order valence-corrected chi connectivity index (χ0v) is 5.25. The SMILES string of the molecule is C=CCCl.P. The van der Waals surface area contributed by atoms with Crippen LogP contribution in [0.5, 0.6) is 0 Å². The number of allylic oxidation sites excluding steroid dienone is 1. The van der Waals surface area contributed by atoms with Gasteiger partial charge in [0, 0.05) is 5.88 Å². The summed E-state index contributed by atoms with van der Waals surface area (Å²) in [6.07, 6.45) is 1.64. The van der Waals surface area contributed by atoms with E-state index in [4.69, 9.17) is 11.6 Å². The van der Waals surface area contributed by atoms with Gasteiger partial charge in [-0.25, -0.2) is 0 Å². The first-order valence-electron chi connectivity index (χ1n) is 1.08. The molecule has 0 aromatic rings. The molecule has 0 saturated heterocycles. The lowest BCUT2D eigenvalue weighted by atomic mass is 10.8. The highest BCUT2D eigenvalue weighted by Gasteiger charge is 1.48. The zero-order chi connectivity index (χ0) is 3.41. The summed E-state index contributed by atoms with van der Waals surface area (Å²) in [4.78, 5) is 0. The maximum Gasteiger partial charge on any atom is 0.0401 e. The third-order valence-electron chi connectivity index (χ3n) is 0.109. The predicted molar refractivity (Wildman–Crippen MR) is 32.0 cm³/mol. The van der Waals surface area contributed by atoms with Crippen molar-refractivity contribution in [3.05, 3.63) is 12.7 Å². The van der Waals surface area contributed by atoms with Gasteiger partial charge >= 0.3 is 0 Å². The van der Waals surface area contributed by atoms with E-state index in [-0.39, 0.29) is 9.90 Å². The minimum Gasteiger partial charge on any atom is -0.153 e. The van der Waals surface area contributed by atoms with Crippen LogP contribution in [0, 0.1) is 0 Å². The van der Waals surface area contributed by atoms with Crippen molar-refractivity contribution in [3.63, 3.8) is 0 Å². The Bertz CT molecular complexity index is 20.9. The van der Waals surface area contributed by atoms with Gasteiger partial charge < -0.3 is 0 Å². The van der Waals surface area contributed by atoms with Gasteiger partial charge in [0.15, 0.2) is 0 Å². The lowest BCUT2D eigenvalue weighted by molar-refractivity contribution is 1.80. The molecule has 0 aromatic heterocycles. The zero-order valence-electron chi connectivity index (χ0n) is 3.08. The summed E-state index contributed by atoms with van der Waals surface area (Å²) in [7, 11) is 0. The lowest BCUT2D eigenvalue weighted by Crippen LogP contribution is -1.45. The molecule has 1 atom stereocenters. The topological polar surface area (TPSA) is 0 Å². The largest absolute Gasteiger partial charge is 0.153 e. The average Bonchev–Trinajstić information content (AvgIpc) is 1.37. The average molecular weight is 111 g/mol. The minimum absolute atomic E-state index is 0. The van der Waals surface area contributed by atoms with Gasteiger partial charge in [0.05, 0.1) is 0 Å². The van der Waals surface area contributed by atoms with Gasteiger partial charge in [-0.05, 0) is 0 Å². The second kappa shape index (κ2) is 8.82. The molecule has 0 radical (unpaired) electrons. The quantitative estimate of drug-likeness (QED) is 0.272. The summed E-state index contributed by atoms with van der Waals surface area (Å²) < 4.78 is 0. The van der Waals surface area contributed by atoms with Crippen LogP contribution in [0.2, 0.25) is 0 Å². The molecule has 0 spiro atoms. The molecule has 0 aliphatic heterocycles. The van der Waals surface area contributed by atoms with Gasteiger partial charge in [0.25, 0.3) is 0 Å². The van der Waals surface area contributed by atoms with E-state index in [1.807, 2.05) is 0 Å². The molecule has 0 amide bonds. The van der Waals surface area contributed by atoms with Crippen molar-refractivity contribution in [2.45, 2.75) is 0 Å². The Labute approximate surface area is 40.8 Å². The number of hydrogen-bond donors (Lipinski definition) is 0. The maximum atomic E-state index is 5.07. The molecule has 0 rings (SSSR count). The fourth-order valence-electron chi connectivity index (χ4n) is 0. The molecule has 0 bridgehead atoms. The summed E-state index contributed by atoms with van der Waals surface area (Å²) in [5, 5.41) is 0. The highest BCUT2D eigenvalue weighted by atomic mass is 35.5. The Balaban J connectivity index is 0. The standard InChI is InChI=1S/C3H5Cl.H3P/c1-2-3-4;/h2H,1,3H2;1H3. The summed E-state index contributed by atoms with van der Waals surface area (Å²) >= 11 is 5.07. The van der Waals surface area contributed by atoms with Crippen molar-refractivity contribution in [2.75, 3.05) is 5.88 Å². The van der Waals surface area contributed by atoms with E-state index < -0.39 is 0 Å². The van der Waals surface area contributed by atoms with Gasteiger partial charge in [-0.1, -0.05) is 6.08 Å². The van der Waals surface area contributed by atoms with Crippen molar-refractivity contribution in [1.82, 2.24) is 0 Å². The lowest BCUT2D eigenvalue weighted by Gasteiger charge is -1.55. The number of rotatable bonds is 1. The monoisotopic (exact) mass is 110 g/mol. The first-order valence-corrected chi connectivity index (χ1v) is 1.62. The molecule has 0 aromatic carbocycles. The Morgan fingerprint density at radius 1 is 1.80 bits per heavy atom. The fraction of sp³-hybridized carbons (Fsp3) is 0.333. The van der Waals surface area contributed by atoms with E-state index in [0.29, 0.717) is 5.88 Å². The molecular weight excluding hydrogens is 102 g/mol. The highest BCUT2D eigenvalue weighted by Crippen LogP contribution is 1.67. The molecule has 0 saturated carbocycles. The normalized spacial score (nSPS) is 5.00. The molecule has 0 fully saturated rings. The molecule has 0 N–H and O–H groups in total. The maximum absolute atomic E-state index is 5.07. The third-order valence-corrected chi connectivity index (χ3v) is 0.327. The third kappa shape index (κ3) is 12.7. The van der Waals surface area contributed by atoms with Gasteiger partial charge in [-0.2, -0.15) is 9.90 Å². The molecule has 0 heterocycles. The molecular formula is C3H8ClP. The van der Waals surface area contributed by atoms with Crippen LogP contribution in [-0.4, -0.2) is 5.88 Å². The molecule has 0 aliphatic rings. The molecule has 32 valence electrons. The summed E-state index contributed by atoms with van der Waals surface area (Å²) in [5.41, 5.74) is 0. The van der Waals surface area contributed by atoms with Crippen molar-refractivity contribution in [3.8, 4) is 0 Å². The van der Waals surface area contributed by atoms with Gasteiger partial charge in [-0.3, -0.25) is 0 Å². The minimum atomic E-state index is 0. The Morgan fingerprint density at radius 2 is 2.00 bits per heavy atom. The molecule has 5 heavy (non-hydrogen) atoms. The van der Waals surface area contributed by atoms with E-state index in [1.54, 1.807) is 6.08 Å². The van der Waals surface area contributed by atoms with Crippen LogP contribution in [0.25, 0.3) is 0 Å². The van der Waals surface area contributed by atoms with Crippen LogP contribution in [0.1, 0.15) is 0 Å². The molecule has 1 unspecified atom stereocenters. The van der Waals surface area contributed by atoms with Crippen LogP contribution >= 0.6 is 21.5 Å². The molecule has 0 nitrogen and oxygen atoms in total. The first kappa shape index (κ1) is 9.07. The van der Waals surface area contributed by atoms with Gasteiger partial charge in [0.1, 0.15) is 0 Å². The number of alkyl halides is 1. The Morgan fingerprint density at radius 3 is 2.00 bits per heavy atom. The predicted octanol–water partition coefficient (Wildman–Crippen LogP) is 1.47. The van der Waals surface area contributed by atoms with Crippen molar-refractivity contribution in [1.29, 1.82) is 0 Å². The first-order chi connectivity index (χ1) is 1.91. The van der Waals surface area contributed by atoms with E-state index in [2.05, 4.69) is 6.58 Å². The summed E-state index contributed by atoms with van der Waals surface area (Å²) in [5.74, 6) is 0.556. The van der Waals surface area contributed by atoms with Crippen LogP contribution in [0.4, 0.5) is 0 Å². The Hall–Kier alpha value is 0.460. The van der Waals surface area contributed by atoms with E-state index in [1.165, 1.54) is 0 Å². The van der Waals surface area contributed by atoms with Crippen molar-refractivity contribution < 1.29 is 0 Å². The van der Waals surface area contributed by atoms with Crippen LogP contribution in [0.15, 0.2) is 12.7 Å². The molecule has 0 aliphatic carbocycles. The van der Waals surface area contributed by atoms with E-state index in [9.17, 15) is 0 Å². The Kier molecular flexibility index (Phi) is 16.0. The highest BCUT2D eigenvalue weighted by molar-refractivity contribution is 6.92. The second-order valence-corrected chi connectivity index (χ2v) is 0.752. The van der Waals surface area contributed by atoms with Crippen LogP contribution in [0.3, 0.4) is 0 Å². The van der Waals surface area contributed by atoms with Gasteiger partial charge in [0.2, 0.25) is 0 Å². The second-order valence-electron chi connectivity index (χ2n) is 0.443. The van der Waals surface area contributed by atoms with Crippen LogP contribution < -0.4 is 0 Å².